The van der Waals surface area contributed by atoms with Crippen LogP contribution >= 0.6 is 0 Å². The SMILES string of the molecule is COC(=O)c1c(C(F)F)cc(C)nc1CN. The topological polar surface area (TPSA) is 65.2 Å². The van der Waals surface area contributed by atoms with Gasteiger partial charge in [0.05, 0.1) is 18.4 Å². The molecule has 88 valence electrons. The van der Waals surface area contributed by atoms with Crippen molar-refractivity contribution < 1.29 is 18.3 Å². The molecule has 0 atom stereocenters. The zero-order valence-corrected chi connectivity index (χ0v) is 8.96. The molecule has 0 bridgehead atoms. The summed E-state index contributed by atoms with van der Waals surface area (Å²) in [7, 11) is 1.12. The van der Waals surface area contributed by atoms with Crippen molar-refractivity contribution in [2.45, 2.75) is 19.9 Å². The molecule has 0 aliphatic rings. The summed E-state index contributed by atoms with van der Waals surface area (Å²) in [6.45, 7) is 1.47. The van der Waals surface area contributed by atoms with E-state index >= 15 is 0 Å². The smallest absolute Gasteiger partial charge is 0.340 e. The highest BCUT2D eigenvalue weighted by atomic mass is 19.3. The average Bonchev–Trinajstić information content (AvgIpc) is 2.26. The van der Waals surface area contributed by atoms with Gasteiger partial charge >= 0.3 is 5.97 Å². The van der Waals surface area contributed by atoms with Crippen LogP contribution in [-0.4, -0.2) is 18.1 Å². The van der Waals surface area contributed by atoms with Crippen LogP contribution in [0, 0.1) is 6.92 Å². The second-order valence-corrected chi connectivity index (χ2v) is 3.17. The molecule has 0 aliphatic heterocycles. The van der Waals surface area contributed by atoms with Crippen molar-refractivity contribution in [2.24, 2.45) is 5.73 Å². The molecule has 0 aliphatic carbocycles. The summed E-state index contributed by atoms with van der Waals surface area (Å²) in [5.74, 6) is -0.844. The van der Waals surface area contributed by atoms with Crippen molar-refractivity contribution in [1.82, 2.24) is 4.98 Å². The molecule has 0 saturated heterocycles. The predicted octanol–water partition coefficient (Wildman–Crippen LogP) is 1.57. The van der Waals surface area contributed by atoms with Gasteiger partial charge in [-0.25, -0.2) is 13.6 Å². The number of carbonyl (C=O) groups excluding carboxylic acids is 1. The normalized spacial score (nSPS) is 10.6. The molecule has 0 aromatic carbocycles. The predicted molar refractivity (Wildman–Crippen MR) is 53.2 cm³/mol. The zero-order chi connectivity index (χ0) is 12.3. The lowest BCUT2D eigenvalue weighted by Gasteiger charge is -2.11. The number of hydrogen-bond acceptors (Lipinski definition) is 4. The number of aryl methyl sites for hydroxylation is 1. The summed E-state index contributed by atoms with van der Waals surface area (Å²) in [6, 6.07) is 1.16. The second-order valence-electron chi connectivity index (χ2n) is 3.17. The third-order valence-electron chi connectivity index (χ3n) is 2.07. The van der Waals surface area contributed by atoms with E-state index < -0.39 is 12.4 Å². The van der Waals surface area contributed by atoms with E-state index in [0.29, 0.717) is 5.69 Å². The molecule has 0 saturated carbocycles. The molecule has 4 nitrogen and oxygen atoms in total. The third kappa shape index (κ3) is 2.33. The minimum absolute atomic E-state index is 0.0914. The van der Waals surface area contributed by atoms with Crippen LogP contribution in [0.25, 0.3) is 0 Å². The maximum Gasteiger partial charge on any atom is 0.340 e. The van der Waals surface area contributed by atoms with Crippen LogP contribution in [-0.2, 0) is 11.3 Å². The van der Waals surface area contributed by atoms with Crippen molar-refractivity contribution in [3.63, 3.8) is 0 Å². The highest BCUT2D eigenvalue weighted by molar-refractivity contribution is 5.92. The number of aromatic nitrogens is 1. The summed E-state index contributed by atoms with van der Waals surface area (Å²) in [6.07, 6.45) is -2.76. The highest BCUT2D eigenvalue weighted by Crippen LogP contribution is 2.26. The third-order valence-corrected chi connectivity index (χ3v) is 2.07. The molecule has 6 heteroatoms. The molecular formula is C10H12F2N2O2. The Morgan fingerprint density at radius 3 is 2.69 bits per heavy atom. The van der Waals surface area contributed by atoms with Gasteiger partial charge in [0.15, 0.2) is 0 Å². The van der Waals surface area contributed by atoms with Crippen LogP contribution in [0.4, 0.5) is 8.78 Å². The van der Waals surface area contributed by atoms with E-state index in [-0.39, 0.29) is 23.4 Å². The Morgan fingerprint density at radius 1 is 1.62 bits per heavy atom. The molecule has 0 unspecified atom stereocenters. The first-order valence-corrected chi connectivity index (χ1v) is 4.58. The fourth-order valence-electron chi connectivity index (χ4n) is 1.42. The molecule has 1 aromatic heterocycles. The van der Waals surface area contributed by atoms with E-state index in [2.05, 4.69) is 9.72 Å². The minimum atomic E-state index is -2.76. The lowest BCUT2D eigenvalue weighted by molar-refractivity contribution is 0.0587. The minimum Gasteiger partial charge on any atom is -0.465 e. The number of alkyl halides is 2. The lowest BCUT2D eigenvalue weighted by Crippen LogP contribution is -2.15. The number of carbonyl (C=O) groups is 1. The standard InChI is InChI=1S/C10H12F2N2O2/c1-5-3-6(9(11)12)8(10(15)16-2)7(4-13)14-5/h3,9H,4,13H2,1-2H3. The van der Waals surface area contributed by atoms with Crippen molar-refractivity contribution in [1.29, 1.82) is 0 Å². The van der Waals surface area contributed by atoms with Crippen LogP contribution in [0.1, 0.15) is 33.7 Å². The van der Waals surface area contributed by atoms with Gasteiger partial charge in [-0.1, -0.05) is 0 Å². The number of nitrogens with zero attached hydrogens (tertiary/aromatic N) is 1. The van der Waals surface area contributed by atoms with E-state index in [1.807, 2.05) is 0 Å². The van der Waals surface area contributed by atoms with E-state index in [1.165, 1.54) is 0 Å². The number of nitrogens with two attached hydrogens (primary N) is 1. The largest absolute Gasteiger partial charge is 0.465 e. The molecule has 1 rings (SSSR count). The van der Waals surface area contributed by atoms with Crippen LogP contribution in [0.15, 0.2) is 6.07 Å². The van der Waals surface area contributed by atoms with Crippen LogP contribution in [0.3, 0.4) is 0 Å². The Bertz CT molecular complexity index is 408. The molecular weight excluding hydrogens is 218 g/mol. The second kappa shape index (κ2) is 4.98. The Morgan fingerprint density at radius 2 is 2.25 bits per heavy atom. The van der Waals surface area contributed by atoms with Crippen molar-refractivity contribution in [3.05, 3.63) is 28.6 Å². The molecule has 1 aromatic rings. The summed E-state index contributed by atoms with van der Waals surface area (Å²) in [5.41, 5.74) is 5.26. The van der Waals surface area contributed by atoms with Crippen LogP contribution < -0.4 is 5.73 Å². The first-order valence-electron chi connectivity index (χ1n) is 4.58. The Kier molecular flexibility index (Phi) is 3.89. The maximum absolute atomic E-state index is 12.7. The van der Waals surface area contributed by atoms with Gasteiger partial charge in [0.2, 0.25) is 0 Å². The van der Waals surface area contributed by atoms with E-state index in [4.69, 9.17) is 5.73 Å². The van der Waals surface area contributed by atoms with Crippen molar-refractivity contribution in [2.75, 3.05) is 7.11 Å². The summed E-state index contributed by atoms with van der Waals surface area (Å²) in [5, 5.41) is 0. The lowest BCUT2D eigenvalue weighted by atomic mass is 10.1. The zero-order valence-electron chi connectivity index (χ0n) is 8.96. The molecule has 0 radical (unpaired) electrons. The van der Waals surface area contributed by atoms with Gasteiger partial charge in [-0.15, -0.1) is 0 Å². The first kappa shape index (κ1) is 12.5. The van der Waals surface area contributed by atoms with Gasteiger partial charge in [-0.2, -0.15) is 0 Å². The Labute approximate surface area is 91.4 Å². The molecule has 0 spiro atoms. The van der Waals surface area contributed by atoms with Gasteiger partial charge in [0.25, 0.3) is 6.43 Å². The summed E-state index contributed by atoms with van der Waals surface area (Å²) in [4.78, 5) is 15.3. The number of pyridine rings is 1. The summed E-state index contributed by atoms with van der Waals surface area (Å²) >= 11 is 0. The molecule has 0 fully saturated rings. The monoisotopic (exact) mass is 230 g/mol. The fourth-order valence-corrected chi connectivity index (χ4v) is 1.42. The van der Waals surface area contributed by atoms with E-state index in [9.17, 15) is 13.6 Å². The van der Waals surface area contributed by atoms with Gasteiger partial charge < -0.3 is 10.5 Å². The van der Waals surface area contributed by atoms with Crippen LogP contribution in [0.2, 0.25) is 0 Å². The average molecular weight is 230 g/mol. The van der Waals surface area contributed by atoms with Gasteiger partial charge in [0, 0.05) is 17.8 Å². The summed E-state index contributed by atoms with van der Waals surface area (Å²) < 4.78 is 29.9. The number of ether oxygens (including phenoxy) is 1. The maximum atomic E-state index is 12.7. The number of rotatable bonds is 3. The first-order chi connectivity index (χ1) is 7.51. The molecule has 16 heavy (non-hydrogen) atoms. The Balaban J connectivity index is 3.45. The van der Waals surface area contributed by atoms with E-state index in [0.717, 1.165) is 13.2 Å². The quantitative estimate of drug-likeness (QED) is 0.800. The number of hydrogen-bond donors (Lipinski definition) is 1. The van der Waals surface area contributed by atoms with E-state index in [1.54, 1.807) is 6.92 Å². The van der Waals surface area contributed by atoms with Crippen LogP contribution in [0.5, 0.6) is 0 Å². The number of halogens is 2. The number of methoxy groups -OCH3 is 1. The van der Waals surface area contributed by atoms with Gasteiger partial charge in [0.1, 0.15) is 0 Å². The highest BCUT2D eigenvalue weighted by Gasteiger charge is 2.23. The fraction of sp³-hybridized carbons (Fsp3) is 0.400. The molecule has 1 heterocycles. The van der Waals surface area contributed by atoms with Crippen molar-refractivity contribution >= 4 is 5.97 Å². The number of esters is 1. The molecule has 0 amide bonds. The Hall–Kier alpha value is -1.56. The van der Waals surface area contributed by atoms with Crippen molar-refractivity contribution in [3.8, 4) is 0 Å². The molecule has 2 N–H and O–H groups in total. The van der Waals surface area contributed by atoms with Gasteiger partial charge in [-0.05, 0) is 13.0 Å². The van der Waals surface area contributed by atoms with Gasteiger partial charge in [-0.3, -0.25) is 4.98 Å².